The number of nitrogens with one attached hydrogen (secondary N) is 1. The number of carbonyl (C=O) groups excluding carboxylic acids is 1. The van der Waals surface area contributed by atoms with Crippen LogP contribution in [-0.2, 0) is 20.9 Å². The summed E-state index contributed by atoms with van der Waals surface area (Å²) in [7, 11) is 0. The van der Waals surface area contributed by atoms with Gasteiger partial charge >= 0.3 is 63.1 Å². The Hall–Kier alpha value is -3.53. The summed E-state index contributed by atoms with van der Waals surface area (Å²) in [5.41, 5.74) is 5.18. The summed E-state index contributed by atoms with van der Waals surface area (Å²) in [5.74, 6) is -1.02. The van der Waals surface area contributed by atoms with E-state index in [-0.39, 0.29) is 70.4 Å². The summed E-state index contributed by atoms with van der Waals surface area (Å²) in [5, 5.41) is 16.5. The van der Waals surface area contributed by atoms with Crippen LogP contribution in [0.25, 0.3) is 22.5 Å². The number of rotatable bonds is 13. The minimum absolute atomic E-state index is 0. The summed E-state index contributed by atoms with van der Waals surface area (Å²) in [6.45, 7) is 2.83. The quantitative estimate of drug-likeness (QED) is 0.0756. The number of unbranched alkanes of at least 4 members (excludes halogenated alkanes) is 1. The van der Waals surface area contributed by atoms with E-state index in [0.29, 0.717) is 42.8 Å². The Kier molecular flexibility index (Phi) is 11.5. The molecule has 0 bridgehead atoms. The van der Waals surface area contributed by atoms with Crippen LogP contribution in [0.5, 0.6) is 0 Å². The van der Waals surface area contributed by atoms with Gasteiger partial charge in [-0.1, -0.05) is 54.6 Å². The predicted octanol–water partition coefficient (Wildman–Crippen LogP) is 1.23. The van der Waals surface area contributed by atoms with Crippen LogP contribution in [0.2, 0.25) is 0 Å². The molecule has 1 aliphatic heterocycles. The number of carbonyl (C=O) groups is 1. The van der Waals surface area contributed by atoms with E-state index >= 15 is 0 Å². The second-order valence-corrected chi connectivity index (χ2v) is 9.31. The molecule has 1 N–H and O–H groups in total. The van der Waals surface area contributed by atoms with E-state index in [1.54, 1.807) is 12.1 Å². The zero-order valence-electron chi connectivity index (χ0n) is 23.7. The maximum Gasteiger partial charge on any atom is 1.00 e. The molecule has 13 nitrogen and oxygen atoms in total. The van der Waals surface area contributed by atoms with Crippen molar-refractivity contribution < 1.29 is 80.1 Å². The second kappa shape index (κ2) is 15.3. The number of aromatic nitrogens is 2. The summed E-state index contributed by atoms with van der Waals surface area (Å²) in [4.78, 5) is 44.9. The van der Waals surface area contributed by atoms with Crippen molar-refractivity contribution in [2.45, 2.75) is 32.7 Å². The Balaban J connectivity index is 0.00000423. The van der Waals surface area contributed by atoms with Crippen molar-refractivity contribution in [3.05, 3.63) is 98.5 Å². The van der Waals surface area contributed by atoms with E-state index in [9.17, 15) is 19.7 Å². The number of esters is 1. The third kappa shape index (κ3) is 7.90. The second-order valence-electron chi connectivity index (χ2n) is 9.31. The fraction of sp³-hybridized carbons (Fsp3) is 0.276. The number of ether oxygens (including phenoxy) is 2. The minimum Gasteiger partial charge on any atom is -0.462 e. The van der Waals surface area contributed by atoms with Crippen molar-refractivity contribution in [1.29, 1.82) is 0 Å². The zero-order valence-corrected chi connectivity index (χ0v) is 26.8. The Morgan fingerprint density at radius 2 is 1.81 bits per heavy atom. The van der Waals surface area contributed by atoms with Gasteiger partial charge in [-0.15, -0.1) is 10.1 Å². The summed E-state index contributed by atoms with van der Waals surface area (Å²) in [6.07, 6.45) is 0.313. The largest absolute Gasteiger partial charge is 1.00 e. The van der Waals surface area contributed by atoms with Gasteiger partial charge in [0.2, 0.25) is 6.35 Å². The number of nitrogens with zero attached hydrogens (tertiary/aromatic N) is 4. The molecule has 2 heterocycles. The Morgan fingerprint density at radius 3 is 2.51 bits per heavy atom. The molecule has 0 spiro atoms. The third-order valence-electron chi connectivity index (χ3n) is 6.59. The molecule has 218 valence electrons. The van der Waals surface area contributed by atoms with Crippen LogP contribution in [0.15, 0.2) is 76.0 Å². The molecule has 0 fully saturated rings. The monoisotopic (exact) mass is 613 g/mol. The Labute approximate surface area is 289 Å². The Morgan fingerprint density at radius 1 is 1.07 bits per heavy atom. The van der Waals surface area contributed by atoms with Crippen molar-refractivity contribution in [2.24, 2.45) is 0 Å². The number of fused-ring (bicyclic) bond motifs is 1. The van der Waals surface area contributed by atoms with Crippen molar-refractivity contribution in [3.8, 4) is 22.5 Å². The number of anilines is 2. The Bertz CT molecular complexity index is 1610. The molecular weight excluding hydrogens is 585 g/mol. The van der Waals surface area contributed by atoms with Gasteiger partial charge in [-0.3, -0.25) is 5.16 Å². The van der Waals surface area contributed by atoms with E-state index < -0.39 is 23.2 Å². The standard InChI is InChI=1S/C29H29N5O8.K/c1-2-39-28-30-24-11-7-10-23(27(35)40-16-5-6-17-41-34(37)38)25(24)33(28)18-19-12-14-20(15-13-19)21-8-3-4-9-22(21)26-31-29(36)42-32-26;/h3-4,7-15,28,30H,2,5-6,16-18H2,1H3,(H,31,32,36);/q;+1/p-1. The van der Waals surface area contributed by atoms with Crippen LogP contribution in [-0.4, -0.2) is 42.4 Å². The summed E-state index contributed by atoms with van der Waals surface area (Å²) < 4.78 is 16.1. The molecule has 5 rings (SSSR count). The van der Waals surface area contributed by atoms with Gasteiger partial charge in [-0.25, -0.2) is 9.59 Å². The van der Waals surface area contributed by atoms with Crippen LogP contribution < -0.4 is 72.3 Å². The van der Waals surface area contributed by atoms with Gasteiger partial charge in [0.25, 0.3) is 5.09 Å². The van der Waals surface area contributed by atoms with Gasteiger partial charge in [-0.05, 0) is 60.0 Å². The van der Waals surface area contributed by atoms with Gasteiger partial charge < -0.3 is 34.0 Å². The first kappa shape index (κ1) is 32.4. The molecule has 43 heavy (non-hydrogen) atoms. The molecule has 3 aromatic carbocycles. The summed E-state index contributed by atoms with van der Waals surface area (Å²) in [6, 6.07) is 20.7. The fourth-order valence-corrected chi connectivity index (χ4v) is 4.73. The molecule has 1 aromatic heterocycles. The number of hydrogen-bond donors (Lipinski definition) is 1. The maximum absolute atomic E-state index is 13.1. The van der Waals surface area contributed by atoms with E-state index in [1.807, 2.05) is 66.4 Å². The molecule has 0 radical (unpaired) electrons. The topological polar surface area (TPSA) is 160 Å². The van der Waals surface area contributed by atoms with Gasteiger partial charge in [-0.2, -0.15) is 0 Å². The molecule has 0 aliphatic carbocycles. The first-order valence-electron chi connectivity index (χ1n) is 13.4. The van der Waals surface area contributed by atoms with Gasteiger partial charge in [0, 0.05) is 13.2 Å². The van der Waals surface area contributed by atoms with Gasteiger partial charge in [0.15, 0.2) is 0 Å². The molecule has 1 aliphatic rings. The first-order chi connectivity index (χ1) is 20.4. The SMILES string of the molecule is CCOC1Nc2cccc(C(=O)OCCCCO[N+](=O)[O-])c2N1Cc1ccc(-c2ccccc2-c2noc(=O)[n-]2)cc1.[K+]. The molecule has 1 unspecified atom stereocenters. The van der Waals surface area contributed by atoms with Crippen LogP contribution in [0, 0.1) is 10.1 Å². The third-order valence-corrected chi connectivity index (χ3v) is 6.59. The first-order valence-corrected chi connectivity index (χ1v) is 13.4. The minimum atomic E-state index is -0.845. The van der Waals surface area contributed by atoms with Crippen molar-refractivity contribution in [3.63, 3.8) is 0 Å². The van der Waals surface area contributed by atoms with Crippen molar-refractivity contribution >= 4 is 17.3 Å². The molecule has 0 saturated heterocycles. The molecule has 1 atom stereocenters. The molecule has 0 amide bonds. The van der Waals surface area contributed by atoms with Crippen LogP contribution in [0.1, 0.15) is 35.7 Å². The molecular formula is C29H28KN5O8. The average Bonchev–Trinajstić information content (AvgIpc) is 3.58. The van der Waals surface area contributed by atoms with Crippen molar-refractivity contribution in [2.75, 3.05) is 30.0 Å². The maximum atomic E-state index is 13.1. The zero-order chi connectivity index (χ0) is 29.5. The van der Waals surface area contributed by atoms with Crippen LogP contribution in [0.4, 0.5) is 11.4 Å². The predicted molar refractivity (Wildman–Crippen MR) is 151 cm³/mol. The molecule has 14 heteroatoms. The average molecular weight is 614 g/mol. The number of benzene rings is 3. The van der Waals surface area contributed by atoms with E-state index in [0.717, 1.165) is 22.4 Å². The van der Waals surface area contributed by atoms with Gasteiger partial charge in [0.05, 0.1) is 30.2 Å². The number of para-hydroxylation sites is 1. The fourth-order valence-electron chi connectivity index (χ4n) is 4.73. The van der Waals surface area contributed by atoms with E-state index in [2.05, 4.69) is 24.8 Å². The molecule has 0 saturated carbocycles. The number of hydrogen-bond acceptors (Lipinski definition) is 11. The van der Waals surface area contributed by atoms with Crippen LogP contribution in [0.3, 0.4) is 0 Å². The summed E-state index contributed by atoms with van der Waals surface area (Å²) >= 11 is 0. The van der Waals surface area contributed by atoms with Gasteiger partial charge in [0.1, 0.15) is 0 Å². The smallest absolute Gasteiger partial charge is 0.462 e. The molecule has 4 aromatic rings. The van der Waals surface area contributed by atoms with Crippen LogP contribution >= 0.6 is 0 Å². The van der Waals surface area contributed by atoms with E-state index in [1.165, 1.54) is 0 Å². The van der Waals surface area contributed by atoms with E-state index in [4.69, 9.17) is 9.47 Å². The van der Waals surface area contributed by atoms with Crippen molar-refractivity contribution in [1.82, 2.24) is 10.1 Å². The normalized spacial score (nSPS) is 13.5.